The predicted octanol–water partition coefficient (Wildman–Crippen LogP) is 8.04. The number of aryl methyl sites for hydroxylation is 2. The third-order valence-electron chi connectivity index (χ3n) is 8.99. The van der Waals surface area contributed by atoms with Crippen molar-refractivity contribution in [2.24, 2.45) is 0 Å². The van der Waals surface area contributed by atoms with Gasteiger partial charge < -0.3 is 19.5 Å². The van der Waals surface area contributed by atoms with Crippen LogP contribution < -0.4 is 10.1 Å². The number of carbonyl (C=O) groups excluding carboxylic acids is 1. The van der Waals surface area contributed by atoms with Crippen molar-refractivity contribution in [1.82, 2.24) is 5.32 Å². The van der Waals surface area contributed by atoms with E-state index in [-0.39, 0.29) is 11.9 Å². The molecule has 0 fully saturated rings. The fraction of sp³-hybridized carbons (Fsp3) is 0.262. The number of esters is 1. The summed E-state index contributed by atoms with van der Waals surface area (Å²) in [6.45, 7) is 4.22. The van der Waals surface area contributed by atoms with Gasteiger partial charge in [-0.3, -0.25) is 0 Å². The number of nitrogens with one attached hydrogen (secondary N) is 1. The number of hydrogen-bond donors (Lipinski definition) is 1. The van der Waals surface area contributed by atoms with Crippen LogP contribution in [0.4, 0.5) is 0 Å². The van der Waals surface area contributed by atoms with Gasteiger partial charge in [0.2, 0.25) is 0 Å². The maximum atomic E-state index is 12.1. The lowest BCUT2D eigenvalue weighted by molar-refractivity contribution is -0.154. The molecule has 1 aliphatic rings. The van der Waals surface area contributed by atoms with Crippen LogP contribution >= 0.6 is 0 Å². The minimum absolute atomic E-state index is 0.225. The van der Waals surface area contributed by atoms with Gasteiger partial charge in [0, 0.05) is 32.5 Å². The summed E-state index contributed by atoms with van der Waals surface area (Å²) in [5.41, 5.74) is 11.6. The molecule has 0 saturated carbocycles. The molecule has 5 aromatic rings. The van der Waals surface area contributed by atoms with Crippen molar-refractivity contribution in [2.75, 3.05) is 33.4 Å². The molecule has 2 atom stereocenters. The van der Waals surface area contributed by atoms with Crippen molar-refractivity contribution in [3.05, 3.63) is 149 Å². The summed E-state index contributed by atoms with van der Waals surface area (Å²) < 4.78 is 16.5. The fourth-order valence-corrected chi connectivity index (χ4v) is 6.51. The third kappa shape index (κ3) is 7.99. The zero-order valence-corrected chi connectivity index (χ0v) is 27.3. The van der Waals surface area contributed by atoms with E-state index < -0.39 is 6.10 Å². The molecule has 0 bridgehead atoms. The normalized spacial score (nSPS) is 14.4. The molecule has 0 amide bonds. The molecule has 5 aromatic carbocycles. The Bertz CT molecular complexity index is 1750. The van der Waals surface area contributed by atoms with E-state index in [0.29, 0.717) is 19.6 Å². The molecular formula is C42H43NO4. The van der Waals surface area contributed by atoms with Crippen LogP contribution in [0, 0.1) is 0 Å². The maximum Gasteiger partial charge on any atom is 0.335 e. The molecule has 2 unspecified atom stereocenters. The summed E-state index contributed by atoms with van der Waals surface area (Å²) in [4.78, 5) is 12.1. The van der Waals surface area contributed by atoms with E-state index >= 15 is 0 Å². The highest BCUT2D eigenvalue weighted by Crippen LogP contribution is 2.38. The van der Waals surface area contributed by atoms with Crippen LogP contribution in [-0.4, -0.2) is 45.5 Å². The van der Waals surface area contributed by atoms with Crippen molar-refractivity contribution in [3.63, 3.8) is 0 Å². The van der Waals surface area contributed by atoms with Crippen LogP contribution in [-0.2, 0) is 33.5 Å². The smallest absolute Gasteiger partial charge is 0.335 e. The number of ether oxygens (including phenoxy) is 3. The molecule has 0 radical (unpaired) electrons. The highest BCUT2D eigenvalue weighted by Gasteiger charge is 2.25. The van der Waals surface area contributed by atoms with Gasteiger partial charge in [-0.25, -0.2) is 4.79 Å². The van der Waals surface area contributed by atoms with Crippen LogP contribution in [0.1, 0.15) is 40.7 Å². The average molecular weight is 626 g/mol. The minimum Gasteiger partial charge on any atom is -0.492 e. The maximum absolute atomic E-state index is 12.1. The topological polar surface area (TPSA) is 56.8 Å². The van der Waals surface area contributed by atoms with Gasteiger partial charge in [0.25, 0.3) is 0 Å². The van der Waals surface area contributed by atoms with Gasteiger partial charge in [-0.1, -0.05) is 109 Å². The molecular weight excluding hydrogens is 582 g/mol. The first-order valence-corrected chi connectivity index (χ1v) is 16.6. The summed E-state index contributed by atoms with van der Waals surface area (Å²) in [5.74, 6) is 0.684. The summed E-state index contributed by atoms with van der Waals surface area (Å²) in [5, 5.41) is 3.72. The number of hydrogen-bond acceptors (Lipinski definition) is 5. The Kier molecular flexibility index (Phi) is 10.8. The zero-order chi connectivity index (χ0) is 32.4. The summed E-state index contributed by atoms with van der Waals surface area (Å²) >= 11 is 0. The Morgan fingerprint density at radius 1 is 0.745 bits per heavy atom. The molecule has 0 spiro atoms. The zero-order valence-electron chi connectivity index (χ0n) is 27.3. The molecule has 47 heavy (non-hydrogen) atoms. The van der Waals surface area contributed by atoms with E-state index in [4.69, 9.17) is 14.2 Å². The lowest BCUT2D eigenvalue weighted by Gasteiger charge is -2.23. The Hall–Kier alpha value is -4.71. The number of fused-ring (bicyclic) bond motifs is 2. The van der Waals surface area contributed by atoms with Gasteiger partial charge >= 0.3 is 5.97 Å². The highest BCUT2D eigenvalue weighted by molar-refractivity contribution is 5.75. The largest absolute Gasteiger partial charge is 0.492 e. The Morgan fingerprint density at radius 2 is 1.40 bits per heavy atom. The van der Waals surface area contributed by atoms with Crippen molar-refractivity contribution >= 4 is 5.97 Å². The third-order valence-corrected chi connectivity index (χ3v) is 8.99. The lowest BCUT2D eigenvalue weighted by atomic mass is 9.85. The van der Waals surface area contributed by atoms with Crippen LogP contribution in [0.25, 0.3) is 22.3 Å². The second kappa shape index (κ2) is 15.7. The second-order valence-corrected chi connectivity index (χ2v) is 12.0. The average Bonchev–Trinajstić information content (AvgIpc) is 3.27. The Morgan fingerprint density at radius 3 is 2.09 bits per heavy atom. The first kappa shape index (κ1) is 32.2. The Labute approximate surface area is 278 Å². The molecule has 0 heterocycles. The van der Waals surface area contributed by atoms with E-state index in [0.717, 1.165) is 37.2 Å². The second-order valence-electron chi connectivity index (χ2n) is 12.0. The van der Waals surface area contributed by atoms with Gasteiger partial charge in [0.15, 0.2) is 6.10 Å². The van der Waals surface area contributed by atoms with Gasteiger partial charge in [0.05, 0.1) is 6.61 Å². The number of carbonyl (C=O) groups is 1. The van der Waals surface area contributed by atoms with E-state index in [9.17, 15) is 4.79 Å². The quantitative estimate of drug-likeness (QED) is 0.106. The number of methoxy groups -OCH3 is 1. The first-order valence-electron chi connectivity index (χ1n) is 16.6. The molecule has 1 aliphatic carbocycles. The fourth-order valence-electron chi connectivity index (χ4n) is 6.51. The van der Waals surface area contributed by atoms with Crippen LogP contribution in [0.15, 0.2) is 121 Å². The van der Waals surface area contributed by atoms with E-state index in [1.807, 2.05) is 24.3 Å². The van der Waals surface area contributed by atoms with E-state index in [1.54, 1.807) is 6.92 Å². The highest BCUT2D eigenvalue weighted by atomic mass is 16.6. The van der Waals surface area contributed by atoms with Crippen molar-refractivity contribution in [1.29, 1.82) is 0 Å². The summed E-state index contributed by atoms with van der Waals surface area (Å²) in [7, 11) is 1.53. The summed E-state index contributed by atoms with van der Waals surface area (Å²) in [6, 6.07) is 43.2. The molecule has 6 rings (SSSR count). The molecule has 5 heteroatoms. The number of rotatable bonds is 13. The van der Waals surface area contributed by atoms with Crippen molar-refractivity contribution in [2.45, 2.75) is 38.2 Å². The van der Waals surface area contributed by atoms with Gasteiger partial charge in [-0.2, -0.15) is 0 Å². The monoisotopic (exact) mass is 625 g/mol. The molecule has 0 aliphatic heterocycles. The molecule has 0 aromatic heterocycles. The summed E-state index contributed by atoms with van der Waals surface area (Å²) in [6.07, 6.45) is 1.89. The van der Waals surface area contributed by atoms with Gasteiger partial charge in [-0.15, -0.1) is 0 Å². The predicted molar refractivity (Wildman–Crippen MR) is 189 cm³/mol. The van der Waals surface area contributed by atoms with Crippen LogP contribution in [0.5, 0.6) is 5.75 Å². The SMILES string of the molecule is CCOC(=O)C(Cc1ccc(OCCNCC2c3ccc(-c4ccccc4)cc3CCc3ccc(-c4ccccc4)cc32)cc1)OC. The standard InChI is InChI=1S/C42H43NO4/c1-3-46-42(44)41(45-2)26-30-14-21-37(22-15-30)47-25-24-43-29-40-38-23-20-34(31-10-6-4-7-11-31)27-36(38)19-17-33-16-18-35(28-39(33)40)32-12-8-5-9-13-32/h4-16,18,20-23,27-28,40-41,43H,3,17,19,24-26,29H2,1-2H3. The Balaban J connectivity index is 1.15. The molecule has 5 nitrogen and oxygen atoms in total. The van der Waals surface area contributed by atoms with Crippen LogP contribution in [0.2, 0.25) is 0 Å². The number of benzene rings is 5. The van der Waals surface area contributed by atoms with E-state index in [2.05, 4.69) is 102 Å². The molecule has 0 saturated heterocycles. The van der Waals surface area contributed by atoms with Crippen molar-refractivity contribution in [3.8, 4) is 28.0 Å². The molecule has 240 valence electrons. The van der Waals surface area contributed by atoms with E-state index in [1.165, 1.54) is 51.6 Å². The van der Waals surface area contributed by atoms with Gasteiger partial charge in [0.1, 0.15) is 12.4 Å². The van der Waals surface area contributed by atoms with Gasteiger partial charge in [-0.05, 0) is 82.0 Å². The molecule has 1 N–H and O–H groups in total. The van der Waals surface area contributed by atoms with Crippen molar-refractivity contribution < 1.29 is 19.0 Å². The first-order chi connectivity index (χ1) is 23.1. The van der Waals surface area contributed by atoms with Crippen LogP contribution in [0.3, 0.4) is 0 Å². The minimum atomic E-state index is -0.612. The lowest BCUT2D eigenvalue weighted by Crippen LogP contribution is -2.27.